The van der Waals surface area contributed by atoms with Gasteiger partial charge in [0.15, 0.2) is 0 Å². The number of para-hydroxylation sites is 1. The molecule has 0 saturated carbocycles. The predicted molar refractivity (Wildman–Crippen MR) is 84.5 cm³/mol. The van der Waals surface area contributed by atoms with Crippen molar-refractivity contribution < 1.29 is 14.6 Å². The Morgan fingerprint density at radius 1 is 1.33 bits per heavy atom. The van der Waals surface area contributed by atoms with Gasteiger partial charge in [-0.15, -0.1) is 11.8 Å². The molecule has 0 saturated heterocycles. The molecule has 2 atom stereocenters. The van der Waals surface area contributed by atoms with Crippen LogP contribution in [0.15, 0.2) is 47.4 Å². The SMILES string of the molecule is COc1cc(C(O)C2CSc3ccccc3O2)ccc1Cl. The molecule has 5 heteroatoms. The monoisotopic (exact) mass is 322 g/mol. The second kappa shape index (κ2) is 6.18. The van der Waals surface area contributed by atoms with Crippen LogP contribution in [0.1, 0.15) is 11.7 Å². The van der Waals surface area contributed by atoms with Crippen LogP contribution in [0.25, 0.3) is 0 Å². The van der Waals surface area contributed by atoms with E-state index >= 15 is 0 Å². The van der Waals surface area contributed by atoms with Crippen molar-refractivity contribution in [1.29, 1.82) is 0 Å². The number of thioether (sulfide) groups is 1. The Hall–Kier alpha value is -1.36. The third-order valence-corrected chi connectivity index (χ3v) is 4.86. The van der Waals surface area contributed by atoms with Gasteiger partial charge in [-0.1, -0.05) is 29.8 Å². The lowest BCUT2D eigenvalue weighted by atomic mass is 10.0. The van der Waals surface area contributed by atoms with Crippen LogP contribution >= 0.6 is 23.4 Å². The Morgan fingerprint density at radius 3 is 2.95 bits per heavy atom. The van der Waals surface area contributed by atoms with Gasteiger partial charge in [0.2, 0.25) is 0 Å². The standard InChI is InChI=1S/C16H15ClO3S/c1-19-13-8-10(6-7-11(13)17)16(18)14-9-21-15-5-3-2-4-12(15)20-14/h2-8,14,16,18H,9H2,1H3. The van der Waals surface area contributed by atoms with E-state index in [-0.39, 0.29) is 6.10 Å². The number of ether oxygens (including phenoxy) is 2. The van der Waals surface area contributed by atoms with Crippen molar-refractivity contribution >= 4 is 23.4 Å². The highest BCUT2D eigenvalue weighted by atomic mass is 35.5. The highest BCUT2D eigenvalue weighted by Gasteiger charge is 2.28. The first kappa shape index (κ1) is 14.6. The van der Waals surface area contributed by atoms with Gasteiger partial charge in [-0.25, -0.2) is 0 Å². The van der Waals surface area contributed by atoms with Gasteiger partial charge in [-0.05, 0) is 29.8 Å². The van der Waals surface area contributed by atoms with E-state index in [1.165, 1.54) is 0 Å². The summed E-state index contributed by atoms with van der Waals surface area (Å²) in [5, 5.41) is 11.1. The first-order valence-corrected chi connectivity index (χ1v) is 7.95. The number of rotatable bonds is 3. The number of aliphatic hydroxyl groups excluding tert-OH is 1. The second-order valence-electron chi connectivity index (χ2n) is 4.75. The lowest BCUT2D eigenvalue weighted by molar-refractivity contribution is 0.0456. The predicted octanol–water partition coefficient (Wildman–Crippen LogP) is 3.94. The maximum atomic E-state index is 10.5. The highest BCUT2D eigenvalue weighted by Crippen LogP contribution is 2.39. The summed E-state index contributed by atoms with van der Waals surface area (Å²) in [6, 6.07) is 13.1. The third-order valence-electron chi connectivity index (χ3n) is 3.40. The van der Waals surface area contributed by atoms with E-state index in [1.807, 2.05) is 24.3 Å². The van der Waals surface area contributed by atoms with Crippen LogP contribution in [0.2, 0.25) is 5.02 Å². The van der Waals surface area contributed by atoms with Gasteiger partial charge < -0.3 is 14.6 Å². The number of aliphatic hydroxyl groups is 1. The average Bonchev–Trinajstić information content (AvgIpc) is 2.54. The van der Waals surface area contributed by atoms with Crippen molar-refractivity contribution in [2.24, 2.45) is 0 Å². The summed E-state index contributed by atoms with van der Waals surface area (Å²) in [6.45, 7) is 0. The molecule has 0 aliphatic carbocycles. The van der Waals surface area contributed by atoms with Crippen LogP contribution < -0.4 is 9.47 Å². The topological polar surface area (TPSA) is 38.7 Å². The van der Waals surface area contributed by atoms with E-state index in [4.69, 9.17) is 21.1 Å². The Bertz CT molecular complexity index is 647. The zero-order chi connectivity index (χ0) is 14.8. The van der Waals surface area contributed by atoms with Gasteiger partial charge in [0.25, 0.3) is 0 Å². The molecule has 0 aromatic heterocycles. The van der Waals surface area contributed by atoms with Crippen molar-refractivity contribution in [1.82, 2.24) is 0 Å². The fourth-order valence-corrected chi connectivity index (χ4v) is 3.49. The van der Waals surface area contributed by atoms with Crippen LogP contribution in [0.3, 0.4) is 0 Å². The molecule has 1 N–H and O–H groups in total. The number of methoxy groups -OCH3 is 1. The van der Waals surface area contributed by atoms with Gasteiger partial charge in [-0.3, -0.25) is 0 Å². The number of fused-ring (bicyclic) bond motifs is 1. The van der Waals surface area contributed by atoms with Crippen molar-refractivity contribution in [3.63, 3.8) is 0 Å². The summed E-state index contributed by atoms with van der Waals surface area (Å²) in [7, 11) is 1.56. The molecule has 1 aliphatic heterocycles. The number of benzene rings is 2. The first-order valence-electron chi connectivity index (χ1n) is 6.59. The van der Waals surface area contributed by atoms with Gasteiger partial charge >= 0.3 is 0 Å². The molecular weight excluding hydrogens is 308 g/mol. The molecule has 3 nitrogen and oxygen atoms in total. The van der Waals surface area contributed by atoms with Gasteiger partial charge in [0.05, 0.1) is 12.1 Å². The zero-order valence-electron chi connectivity index (χ0n) is 11.5. The quantitative estimate of drug-likeness (QED) is 0.929. The van der Waals surface area contributed by atoms with Crippen molar-refractivity contribution in [2.75, 3.05) is 12.9 Å². The normalized spacial score (nSPS) is 18.5. The van der Waals surface area contributed by atoms with Gasteiger partial charge in [-0.2, -0.15) is 0 Å². The van der Waals surface area contributed by atoms with Crippen LogP contribution in [0.5, 0.6) is 11.5 Å². The Morgan fingerprint density at radius 2 is 2.14 bits per heavy atom. The van der Waals surface area contributed by atoms with Crippen molar-refractivity contribution in [2.45, 2.75) is 17.1 Å². The molecule has 2 aromatic carbocycles. The van der Waals surface area contributed by atoms with Crippen LogP contribution in [0, 0.1) is 0 Å². The van der Waals surface area contributed by atoms with Gasteiger partial charge in [0, 0.05) is 10.6 Å². The smallest absolute Gasteiger partial charge is 0.138 e. The summed E-state index contributed by atoms with van der Waals surface area (Å²) < 4.78 is 11.1. The lowest BCUT2D eigenvalue weighted by Gasteiger charge is -2.29. The summed E-state index contributed by atoms with van der Waals surface area (Å²) in [5.41, 5.74) is 0.737. The van der Waals surface area contributed by atoms with E-state index in [0.717, 1.165) is 16.2 Å². The average molecular weight is 323 g/mol. The maximum Gasteiger partial charge on any atom is 0.138 e. The Kier molecular flexibility index (Phi) is 4.29. The molecule has 110 valence electrons. The molecule has 0 spiro atoms. The summed E-state index contributed by atoms with van der Waals surface area (Å²) in [6.07, 6.45) is -1.02. The van der Waals surface area contributed by atoms with Crippen molar-refractivity contribution in [3.8, 4) is 11.5 Å². The Labute approximate surface area is 132 Å². The number of halogens is 1. The second-order valence-corrected chi connectivity index (χ2v) is 6.22. The number of hydrogen-bond donors (Lipinski definition) is 1. The van der Waals surface area contributed by atoms with Gasteiger partial charge in [0.1, 0.15) is 23.7 Å². The van der Waals surface area contributed by atoms with Crippen LogP contribution in [-0.2, 0) is 0 Å². The summed E-state index contributed by atoms with van der Waals surface area (Å²) in [4.78, 5) is 1.11. The minimum Gasteiger partial charge on any atom is -0.495 e. The van der Waals surface area contributed by atoms with E-state index in [1.54, 1.807) is 37.1 Å². The van der Waals surface area contributed by atoms with E-state index in [9.17, 15) is 5.11 Å². The fraction of sp³-hybridized carbons (Fsp3) is 0.250. The third kappa shape index (κ3) is 2.98. The van der Waals surface area contributed by atoms with Crippen LogP contribution in [0.4, 0.5) is 0 Å². The molecule has 2 unspecified atom stereocenters. The molecule has 0 amide bonds. The molecule has 0 radical (unpaired) electrons. The molecule has 21 heavy (non-hydrogen) atoms. The van der Waals surface area contributed by atoms with E-state index in [2.05, 4.69) is 0 Å². The molecule has 0 fully saturated rings. The van der Waals surface area contributed by atoms with E-state index in [0.29, 0.717) is 16.5 Å². The Balaban J connectivity index is 1.82. The lowest BCUT2D eigenvalue weighted by Crippen LogP contribution is -2.30. The zero-order valence-corrected chi connectivity index (χ0v) is 13.0. The molecule has 1 heterocycles. The molecule has 1 aliphatic rings. The number of hydrogen-bond acceptors (Lipinski definition) is 4. The molecule has 0 bridgehead atoms. The summed E-state index contributed by atoms with van der Waals surface area (Å²) >= 11 is 7.70. The summed E-state index contributed by atoms with van der Waals surface area (Å²) in [5.74, 6) is 2.07. The maximum absolute atomic E-state index is 10.5. The van der Waals surface area contributed by atoms with Crippen LogP contribution in [-0.4, -0.2) is 24.1 Å². The minimum absolute atomic E-state index is 0.296. The molecular formula is C16H15ClO3S. The minimum atomic E-state index is -0.725. The largest absolute Gasteiger partial charge is 0.495 e. The fourth-order valence-electron chi connectivity index (χ4n) is 2.27. The first-order chi connectivity index (χ1) is 10.2. The molecule has 3 rings (SSSR count). The van der Waals surface area contributed by atoms with E-state index < -0.39 is 6.10 Å². The highest BCUT2D eigenvalue weighted by molar-refractivity contribution is 7.99. The van der Waals surface area contributed by atoms with Crippen molar-refractivity contribution in [3.05, 3.63) is 53.1 Å². The molecule has 2 aromatic rings.